The molecule has 0 radical (unpaired) electrons. The number of benzene rings is 1. The molecule has 1 unspecified atom stereocenters. The van der Waals surface area contributed by atoms with Gasteiger partial charge in [-0.05, 0) is 63.1 Å². The average Bonchev–Trinajstić information content (AvgIpc) is 2.64. The third-order valence-corrected chi connectivity index (χ3v) is 5.60. The summed E-state index contributed by atoms with van der Waals surface area (Å²) < 4.78 is 5.99. The molecule has 5 heteroatoms. The van der Waals surface area contributed by atoms with E-state index in [-0.39, 0.29) is 30.7 Å². The summed E-state index contributed by atoms with van der Waals surface area (Å²) in [7, 11) is 0. The van der Waals surface area contributed by atoms with E-state index in [1.54, 1.807) is 0 Å². The average molecular weight is 402 g/mol. The molecule has 3 N–H and O–H groups in total. The number of amides is 1. The van der Waals surface area contributed by atoms with Crippen molar-refractivity contribution in [3.05, 3.63) is 47.1 Å². The van der Waals surface area contributed by atoms with Gasteiger partial charge in [0.1, 0.15) is 18.1 Å². The van der Waals surface area contributed by atoms with Crippen LogP contribution >= 0.6 is 0 Å². The monoisotopic (exact) mass is 401 g/mol. The van der Waals surface area contributed by atoms with Crippen LogP contribution in [-0.2, 0) is 6.42 Å². The maximum absolute atomic E-state index is 11.0. The van der Waals surface area contributed by atoms with E-state index in [0.29, 0.717) is 5.75 Å². The number of rotatable bonds is 10. The summed E-state index contributed by atoms with van der Waals surface area (Å²) in [5.41, 5.74) is 4.23. The first kappa shape index (κ1) is 22.9. The van der Waals surface area contributed by atoms with Crippen molar-refractivity contribution < 1.29 is 19.7 Å². The Balaban J connectivity index is 2.37. The molecule has 2 rings (SSSR count). The summed E-state index contributed by atoms with van der Waals surface area (Å²) in [6.07, 6.45) is 7.41. The molecule has 0 bridgehead atoms. The first-order valence-corrected chi connectivity index (χ1v) is 10.6. The van der Waals surface area contributed by atoms with Crippen molar-refractivity contribution in [1.82, 2.24) is 5.32 Å². The van der Waals surface area contributed by atoms with E-state index in [1.807, 2.05) is 19.1 Å². The van der Waals surface area contributed by atoms with Crippen LogP contribution in [0.25, 0.3) is 0 Å². The molecule has 0 fully saturated rings. The molecular formula is C24H35NO4. The molecule has 1 aliphatic rings. The number of carbonyl (C=O) groups is 1. The van der Waals surface area contributed by atoms with Crippen LogP contribution in [0.4, 0.5) is 4.79 Å². The molecule has 0 heterocycles. The maximum atomic E-state index is 11.0. The largest absolute Gasteiger partial charge is 0.507 e. The quantitative estimate of drug-likeness (QED) is 0.343. The molecular weight excluding hydrogens is 366 g/mol. The van der Waals surface area contributed by atoms with Gasteiger partial charge >= 0.3 is 6.09 Å². The first-order valence-electron chi connectivity index (χ1n) is 10.6. The van der Waals surface area contributed by atoms with Crippen molar-refractivity contribution in [3.8, 4) is 11.5 Å². The Morgan fingerprint density at radius 1 is 1.34 bits per heavy atom. The van der Waals surface area contributed by atoms with Crippen LogP contribution in [0, 0.1) is 5.92 Å². The molecule has 0 saturated carbocycles. The Morgan fingerprint density at radius 2 is 2.10 bits per heavy atom. The molecule has 160 valence electrons. The van der Waals surface area contributed by atoms with Gasteiger partial charge in [0.2, 0.25) is 0 Å². The molecule has 1 aromatic carbocycles. The van der Waals surface area contributed by atoms with Gasteiger partial charge in [-0.25, -0.2) is 4.79 Å². The molecule has 1 aromatic rings. The van der Waals surface area contributed by atoms with E-state index in [0.717, 1.165) is 55.2 Å². The summed E-state index contributed by atoms with van der Waals surface area (Å²) >= 11 is 0. The van der Waals surface area contributed by atoms with Crippen molar-refractivity contribution in [2.75, 3.05) is 13.2 Å². The van der Waals surface area contributed by atoms with Crippen LogP contribution in [0.1, 0.15) is 69.9 Å². The lowest BCUT2D eigenvalue weighted by molar-refractivity contribution is 0.191. The van der Waals surface area contributed by atoms with Gasteiger partial charge in [0.05, 0.1) is 6.54 Å². The Kier molecular flexibility index (Phi) is 8.62. The molecule has 2 atom stereocenters. The van der Waals surface area contributed by atoms with Gasteiger partial charge in [0.15, 0.2) is 0 Å². The van der Waals surface area contributed by atoms with Crippen LogP contribution in [0.3, 0.4) is 0 Å². The Bertz CT molecular complexity index is 753. The zero-order chi connectivity index (χ0) is 21.4. The van der Waals surface area contributed by atoms with Crippen LogP contribution < -0.4 is 10.1 Å². The molecule has 0 saturated heterocycles. The van der Waals surface area contributed by atoms with Crippen LogP contribution in [0.15, 0.2) is 35.9 Å². The second-order valence-electron chi connectivity index (χ2n) is 8.09. The second kappa shape index (κ2) is 10.9. The lowest BCUT2D eigenvalue weighted by Crippen LogP contribution is -2.26. The number of allylic oxidation sites excluding steroid dienone is 3. The summed E-state index contributed by atoms with van der Waals surface area (Å²) in [5, 5.41) is 22.1. The minimum absolute atomic E-state index is 0.00775. The predicted molar refractivity (Wildman–Crippen MR) is 117 cm³/mol. The third kappa shape index (κ3) is 6.55. The van der Waals surface area contributed by atoms with Gasteiger partial charge in [-0.3, -0.25) is 0 Å². The number of phenolic OH excluding ortho intramolecular Hbond substituents is 1. The number of aromatic hydroxyl groups is 1. The number of aryl methyl sites for hydroxylation is 1. The van der Waals surface area contributed by atoms with E-state index >= 15 is 0 Å². The number of carboxylic acid groups (broad SMARTS) is 1. The summed E-state index contributed by atoms with van der Waals surface area (Å²) in [4.78, 5) is 10.7. The second-order valence-corrected chi connectivity index (χ2v) is 8.09. The highest BCUT2D eigenvalue weighted by molar-refractivity contribution is 5.64. The fraction of sp³-hybridized carbons (Fsp3) is 0.542. The van der Waals surface area contributed by atoms with E-state index in [4.69, 9.17) is 9.84 Å². The third-order valence-electron chi connectivity index (χ3n) is 5.60. The molecule has 0 aliphatic heterocycles. The van der Waals surface area contributed by atoms with E-state index in [9.17, 15) is 9.90 Å². The minimum Gasteiger partial charge on any atom is -0.507 e. The fourth-order valence-corrected chi connectivity index (χ4v) is 4.07. The highest BCUT2D eigenvalue weighted by Gasteiger charge is 2.30. The molecule has 1 aliphatic carbocycles. The number of hydrogen-bond donors (Lipinski definition) is 3. The van der Waals surface area contributed by atoms with E-state index < -0.39 is 6.09 Å². The SMILES string of the molecule is C=C(C)[C@@H]1CCC(C)=CC1c1c(O)cc(CCCCC)cc1OCCNC(=O)O. The Morgan fingerprint density at radius 3 is 2.76 bits per heavy atom. The standard InChI is InChI=1S/C24H35NO4/c1-5-6-7-8-18-14-21(26)23(22(15-18)29-12-11-25-24(27)28)20-13-17(4)9-10-19(20)16(2)3/h13-15,19-20,25-26H,2,5-12H2,1,3-4H3,(H,27,28)/t19-,20?/m0/s1. The van der Waals surface area contributed by atoms with Crippen molar-refractivity contribution in [2.24, 2.45) is 5.92 Å². The van der Waals surface area contributed by atoms with E-state index in [1.165, 1.54) is 5.57 Å². The smallest absolute Gasteiger partial charge is 0.404 e. The number of ether oxygens (including phenoxy) is 1. The molecule has 0 spiro atoms. The molecule has 0 aromatic heterocycles. The van der Waals surface area contributed by atoms with Crippen molar-refractivity contribution in [2.45, 2.75) is 65.2 Å². The molecule has 5 nitrogen and oxygen atoms in total. The number of unbranched alkanes of at least 4 members (excludes halogenated alkanes) is 2. The lowest BCUT2D eigenvalue weighted by atomic mass is 9.73. The topological polar surface area (TPSA) is 78.8 Å². The fourth-order valence-electron chi connectivity index (χ4n) is 4.07. The highest BCUT2D eigenvalue weighted by Crippen LogP contribution is 2.46. The zero-order valence-corrected chi connectivity index (χ0v) is 18.0. The van der Waals surface area contributed by atoms with E-state index in [2.05, 4.69) is 31.8 Å². The minimum atomic E-state index is -1.07. The van der Waals surface area contributed by atoms with Crippen LogP contribution in [0.5, 0.6) is 11.5 Å². The summed E-state index contributed by atoms with van der Waals surface area (Å²) in [6, 6.07) is 3.87. The first-order chi connectivity index (χ1) is 13.8. The maximum Gasteiger partial charge on any atom is 0.404 e. The number of phenols is 1. The highest BCUT2D eigenvalue weighted by atomic mass is 16.5. The summed E-state index contributed by atoms with van der Waals surface area (Å²) in [5.74, 6) is 1.15. The Hall–Kier alpha value is -2.43. The summed E-state index contributed by atoms with van der Waals surface area (Å²) in [6.45, 7) is 10.9. The van der Waals surface area contributed by atoms with Crippen LogP contribution in [0.2, 0.25) is 0 Å². The number of nitrogens with one attached hydrogen (secondary N) is 1. The van der Waals surface area contributed by atoms with Gasteiger partial charge in [0.25, 0.3) is 0 Å². The van der Waals surface area contributed by atoms with Gasteiger partial charge < -0.3 is 20.3 Å². The van der Waals surface area contributed by atoms with Crippen molar-refractivity contribution >= 4 is 6.09 Å². The van der Waals surface area contributed by atoms with Crippen LogP contribution in [-0.4, -0.2) is 29.5 Å². The van der Waals surface area contributed by atoms with Gasteiger partial charge in [0, 0.05) is 11.5 Å². The normalized spacial score (nSPS) is 18.8. The number of hydrogen-bond acceptors (Lipinski definition) is 3. The van der Waals surface area contributed by atoms with Gasteiger partial charge in [-0.2, -0.15) is 0 Å². The van der Waals surface area contributed by atoms with Crippen molar-refractivity contribution in [3.63, 3.8) is 0 Å². The Labute approximate surface area is 174 Å². The molecule has 29 heavy (non-hydrogen) atoms. The van der Waals surface area contributed by atoms with Gasteiger partial charge in [-0.15, -0.1) is 0 Å². The lowest BCUT2D eigenvalue weighted by Gasteiger charge is -2.32. The zero-order valence-electron chi connectivity index (χ0n) is 18.0. The van der Waals surface area contributed by atoms with Gasteiger partial charge in [-0.1, -0.05) is 43.6 Å². The van der Waals surface area contributed by atoms with Crippen molar-refractivity contribution in [1.29, 1.82) is 0 Å². The molecule has 1 amide bonds. The predicted octanol–water partition coefficient (Wildman–Crippen LogP) is 5.79.